The quantitative estimate of drug-likeness (QED) is 0.314. The van der Waals surface area contributed by atoms with Gasteiger partial charge in [0.1, 0.15) is 11.8 Å². The molecule has 8 heteroatoms. The molecule has 0 saturated carbocycles. The summed E-state index contributed by atoms with van der Waals surface area (Å²) in [7, 11) is 0. The number of hydrogen-bond acceptors (Lipinski definition) is 7. The van der Waals surface area contributed by atoms with E-state index in [-0.39, 0.29) is 30.6 Å². The summed E-state index contributed by atoms with van der Waals surface area (Å²) in [6.07, 6.45) is 4.62. The minimum Gasteiger partial charge on any atom is -0.494 e. The van der Waals surface area contributed by atoms with E-state index in [2.05, 4.69) is 6.92 Å². The molecule has 1 fully saturated rings. The lowest BCUT2D eigenvalue weighted by molar-refractivity contribution is -0.144. The first kappa shape index (κ1) is 23.2. The zero-order valence-corrected chi connectivity index (χ0v) is 17.9. The van der Waals surface area contributed by atoms with Crippen LogP contribution in [0.15, 0.2) is 24.3 Å². The molecule has 1 aromatic rings. The molecule has 2 rings (SSSR count). The molecule has 1 aromatic carbocycles. The molecule has 2 unspecified atom stereocenters. The largest absolute Gasteiger partial charge is 0.494 e. The molecule has 2 N–H and O–H groups in total. The van der Waals surface area contributed by atoms with Gasteiger partial charge in [0, 0.05) is 12.2 Å². The number of thioether (sulfide) groups is 1. The number of nitrogens with zero attached hydrogens (tertiary/aromatic N) is 1. The van der Waals surface area contributed by atoms with Crippen molar-refractivity contribution in [3.63, 3.8) is 0 Å². The predicted octanol–water partition coefficient (Wildman–Crippen LogP) is 2.90. The molecule has 1 aliphatic heterocycles. The first-order valence-electron chi connectivity index (χ1n) is 10.1. The molecular formula is C21H30N2O5S. The molecule has 29 heavy (non-hydrogen) atoms. The summed E-state index contributed by atoms with van der Waals surface area (Å²) in [4.78, 5) is 37.8. The second-order valence-corrected chi connectivity index (χ2v) is 8.09. The first-order chi connectivity index (χ1) is 14.0. The zero-order valence-electron chi connectivity index (χ0n) is 17.1. The third-order valence-electron chi connectivity index (χ3n) is 4.53. The maximum atomic E-state index is 12.7. The van der Waals surface area contributed by atoms with Crippen LogP contribution in [-0.4, -0.2) is 48.0 Å². The van der Waals surface area contributed by atoms with Crippen molar-refractivity contribution in [3.05, 3.63) is 24.3 Å². The summed E-state index contributed by atoms with van der Waals surface area (Å²) in [5.74, 6) is -0.106. The van der Waals surface area contributed by atoms with Crippen molar-refractivity contribution in [2.45, 2.75) is 57.2 Å². The number of ether oxygens (including phenoxy) is 2. The topological polar surface area (TPSA) is 98.9 Å². The fraction of sp³-hybridized carbons (Fsp3) is 0.571. The highest BCUT2D eigenvalue weighted by Gasteiger charge is 2.40. The molecule has 2 atom stereocenters. The average molecular weight is 423 g/mol. The third kappa shape index (κ3) is 6.75. The molecule has 1 saturated heterocycles. The average Bonchev–Trinajstić information content (AvgIpc) is 3.00. The van der Waals surface area contributed by atoms with Gasteiger partial charge in [-0.15, -0.1) is 11.8 Å². The molecule has 7 nitrogen and oxygen atoms in total. The number of benzene rings is 1. The highest BCUT2D eigenvalue weighted by Crippen LogP contribution is 2.31. The first-order valence-corrected chi connectivity index (χ1v) is 11.2. The second-order valence-electron chi connectivity index (χ2n) is 6.86. The van der Waals surface area contributed by atoms with E-state index in [9.17, 15) is 14.4 Å². The monoisotopic (exact) mass is 422 g/mol. The van der Waals surface area contributed by atoms with Gasteiger partial charge in [-0.1, -0.05) is 26.2 Å². The minimum absolute atomic E-state index is 0.0920. The van der Waals surface area contributed by atoms with E-state index in [4.69, 9.17) is 15.2 Å². The SMILES string of the molecule is CCCCCCOc1ccc(N2C(=O)CC(SCC(N)C(=O)OCC)C2=O)cc1. The number of carbonyl (C=O) groups excluding carboxylic acids is 3. The van der Waals surface area contributed by atoms with Crippen LogP contribution in [0.25, 0.3) is 0 Å². The van der Waals surface area contributed by atoms with Gasteiger partial charge in [-0.25, -0.2) is 4.90 Å². The number of nitrogens with two attached hydrogens (primary N) is 1. The van der Waals surface area contributed by atoms with E-state index in [0.29, 0.717) is 12.3 Å². The number of hydrogen-bond donors (Lipinski definition) is 1. The molecule has 0 aliphatic carbocycles. The fourth-order valence-corrected chi connectivity index (χ4v) is 4.04. The Balaban J connectivity index is 1.88. The van der Waals surface area contributed by atoms with Crippen molar-refractivity contribution in [2.24, 2.45) is 5.73 Å². The maximum absolute atomic E-state index is 12.7. The molecule has 1 aliphatic rings. The number of imide groups is 1. The highest BCUT2D eigenvalue weighted by atomic mass is 32.2. The number of unbranched alkanes of at least 4 members (excludes halogenated alkanes) is 3. The summed E-state index contributed by atoms with van der Waals surface area (Å²) in [6.45, 7) is 4.78. The van der Waals surface area contributed by atoms with Gasteiger partial charge in [0.25, 0.3) is 0 Å². The number of carbonyl (C=O) groups is 3. The summed E-state index contributed by atoms with van der Waals surface area (Å²) < 4.78 is 10.6. The van der Waals surface area contributed by atoms with Crippen LogP contribution in [0.1, 0.15) is 46.0 Å². The predicted molar refractivity (Wildman–Crippen MR) is 114 cm³/mol. The molecule has 0 radical (unpaired) electrons. The normalized spacial score (nSPS) is 17.5. The Kier molecular flexibility index (Phi) is 9.47. The van der Waals surface area contributed by atoms with Crippen molar-refractivity contribution in [1.82, 2.24) is 0 Å². The lowest BCUT2D eigenvalue weighted by atomic mass is 10.2. The van der Waals surface area contributed by atoms with Crippen molar-refractivity contribution >= 4 is 35.2 Å². The van der Waals surface area contributed by atoms with Crippen molar-refractivity contribution < 1.29 is 23.9 Å². The smallest absolute Gasteiger partial charge is 0.323 e. The van der Waals surface area contributed by atoms with Crippen LogP contribution in [0, 0.1) is 0 Å². The van der Waals surface area contributed by atoms with E-state index >= 15 is 0 Å². The molecule has 160 valence electrons. The van der Waals surface area contributed by atoms with E-state index in [1.807, 2.05) is 0 Å². The Hall–Kier alpha value is -2.06. The highest BCUT2D eigenvalue weighted by molar-refractivity contribution is 8.00. The molecule has 0 aromatic heterocycles. The van der Waals surface area contributed by atoms with Crippen LogP contribution in [0.3, 0.4) is 0 Å². The number of rotatable bonds is 12. The standard InChI is InChI=1S/C21H30N2O5S/c1-3-5-6-7-12-28-16-10-8-15(9-11-16)23-19(24)13-18(20(23)25)29-14-17(22)21(26)27-4-2/h8-11,17-18H,3-7,12-14,22H2,1-2H3. The van der Waals surface area contributed by atoms with Crippen LogP contribution in [0.5, 0.6) is 5.75 Å². The number of esters is 1. The lowest BCUT2D eigenvalue weighted by Crippen LogP contribution is -2.36. The number of anilines is 1. The van der Waals surface area contributed by atoms with Gasteiger partial charge in [-0.05, 0) is 37.6 Å². The van der Waals surface area contributed by atoms with Crippen LogP contribution >= 0.6 is 11.8 Å². The van der Waals surface area contributed by atoms with Gasteiger partial charge >= 0.3 is 5.97 Å². The van der Waals surface area contributed by atoms with Crippen molar-refractivity contribution in [2.75, 3.05) is 23.9 Å². The Morgan fingerprint density at radius 2 is 1.93 bits per heavy atom. The van der Waals surface area contributed by atoms with Crippen molar-refractivity contribution in [3.8, 4) is 5.75 Å². The molecular weight excluding hydrogens is 392 g/mol. The van der Waals surface area contributed by atoms with E-state index in [1.54, 1.807) is 31.2 Å². The Morgan fingerprint density at radius 1 is 1.21 bits per heavy atom. The second kappa shape index (κ2) is 11.8. The van der Waals surface area contributed by atoms with Crippen LogP contribution in [0.4, 0.5) is 5.69 Å². The van der Waals surface area contributed by atoms with Crippen LogP contribution in [-0.2, 0) is 19.1 Å². The molecule has 0 spiro atoms. The van der Waals surface area contributed by atoms with E-state index in [1.165, 1.54) is 29.5 Å². The summed E-state index contributed by atoms with van der Waals surface area (Å²) >= 11 is 1.21. The Labute approximate surface area is 176 Å². The van der Waals surface area contributed by atoms with Crippen LogP contribution in [0.2, 0.25) is 0 Å². The number of amides is 2. The zero-order chi connectivity index (χ0) is 21.2. The minimum atomic E-state index is -0.814. The summed E-state index contributed by atoms with van der Waals surface area (Å²) in [6, 6.07) is 6.16. The molecule has 1 heterocycles. The van der Waals surface area contributed by atoms with Gasteiger partial charge in [-0.2, -0.15) is 0 Å². The van der Waals surface area contributed by atoms with Gasteiger partial charge in [0.2, 0.25) is 11.8 Å². The van der Waals surface area contributed by atoms with Gasteiger partial charge < -0.3 is 15.2 Å². The molecule has 0 bridgehead atoms. The Bertz CT molecular complexity index is 695. The van der Waals surface area contributed by atoms with Gasteiger partial charge in [0.05, 0.1) is 24.2 Å². The van der Waals surface area contributed by atoms with Gasteiger partial charge in [-0.3, -0.25) is 14.4 Å². The van der Waals surface area contributed by atoms with E-state index < -0.39 is 17.3 Å². The maximum Gasteiger partial charge on any atom is 0.323 e. The third-order valence-corrected chi connectivity index (χ3v) is 5.86. The van der Waals surface area contributed by atoms with Crippen molar-refractivity contribution in [1.29, 1.82) is 0 Å². The van der Waals surface area contributed by atoms with Crippen LogP contribution < -0.4 is 15.4 Å². The Morgan fingerprint density at radius 3 is 2.59 bits per heavy atom. The molecule has 2 amide bonds. The van der Waals surface area contributed by atoms with E-state index in [0.717, 1.165) is 18.6 Å². The van der Waals surface area contributed by atoms with Gasteiger partial charge in [0.15, 0.2) is 0 Å². The summed E-state index contributed by atoms with van der Waals surface area (Å²) in [5.41, 5.74) is 6.30. The lowest BCUT2D eigenvalue weighted by Gasteiger charge is -2.16. The summed E-state index contributed by atoms with van der Waals surface area (Å²) in [5, 5.41) is -0.544. The fourth-order valence-electron chi connectivity index (χ4n) is 2.95.